The number of ether oxygens (including phenoxy) is 2. The monoisotopic (exact) mass is 285 g/mol. The van der Waals surface area contributed by atoms with Gasteiger partial charge in [0.1, 0.15) is 6.04 Å². The van der Waals surface area contributed by atoms with E-state index < -0.39 is 23.6 Å². The van der Waals surface area contributed by atoms with E-state index in [-0.39, 0.29) is 6.10 Å². The van der Waals surface area contributed by atoms with Gasteiger partial charge in [-0.15, -0.1) is 0 Å². The SMILES string of the molecule is COC(=O)C(NCC1CCCO1)c1ccc(F)c(F)c1. The summed E-state index contributed by atoms with van der Waals surface area (Å²) in [5.74, 6) is -2.49. The van der Waals surface area contributed by atoms with Gasteiger partial charge >= 0.3 is 5.97 Å². The van der Waals surface area contributed by atoms with E-state index in [1.54, 1.807) is 0 Å². The molecule has 2 unspecified atom stereocenters. The molecule has 1 heterocycles. The first-order valence-corrected chi connectivity index (χ1v) is 6.49. The van der Waals surface area contributed by atoms with E-state index in [9.17, 15) is 13.6 Å². The minimum absolute atomic E-state index is 0.0347. The molecule has 1 aromatic rings. The average Bonchev–Trinajstić information content (AvgIpc) is 2.95. The van der Waals surface area contributed by atoms with E-state index in [1.807, 2.05) is 0 Å². The van der Waals surface area contributed by atoms with Crippen LogP contribution >= 0.6 is 0 Å². The normalized spacial score (nSPS) is 19.9. The van der Waals surface area contributed by atoms with Gasteiger partial charge in [0, 0.05) is 13.2 Å². The number of halogens is 2. The highest BCUT2D eigenvalue weighted by Crippen LogP contribution is 2.19. The van der Waals surface area contributed by atoms with Crippen LogP contribution in [0, 0.1) is 11.6 Å². The summed E-state index contributed by atoms with van der Waals surface area (Å²) in [4.78, 5) is 11.8. The van der Waals surface area contributed by atoms with Crippen molar-refractivity contribution in [1.29, 1.82) is 0 Å². The minimum Gasteiger partial charge on any atom is -0.468 e. The van der Waals surface area contributed by atoms with Crippen LogP contribution in [0.4, 0.5) is 8.78 Å². The molecule has 0 aromatic heterocycles. The van der Waals surface area contributed by atoms with Crippen LogP contribution < -0.4 is 5.32 Å². The van der Waals surface area contributed by atoms with Gasteiger partial charge in [0.25, 0.3) is 0 Å². The van der Waals surface area contributed by atoms with Crippen LogP contribution in [0.25, 0.3) is 0 Å². The molecule has 0 bridgehead atoms. The zero-order valence-electron chi connectivity index (χ0n) is 11.2. The number of carbonyl (C=O) groups is 1. The van der Waals surface area contributed by atoms with Gasteiger partial charge < -0.3 is 9.47 Å². The van der Waals surface area contributed by atoms with E-state index in [1.165, 1.54) is 13.2 Å². The highest BCUT2D eigenvalue weighted by atomic mass is 19.2. The average molecular weight is 285 g/mol. The molecule has 1 saturated heterocycles. The van der Waals surface area contributed by atoms with Crippen LogP contribution in [0.2, 0.25) is 0 Å². The summed E-state index contributed by atoms with van der Waals surface area (Å²) in [7, 11) is 1.25. The number of carbonyl (C=O) groups excluding carboxylic acids is 1. The first-order chi connectivity index (χ1) is 9.61. The van der Waals surface area contributed by atoms with Crippen LogP contribution in [-0.2, 0) is 14.3 Å². The molecule has 1 aliphatic heterocycles. The van der Waals surface area contributed by atoms with E-state index in [0.29, 0.717) is 18.7 Å². The Morgan fingerprint density at radius 1 is 1.50 bits per heavy atom. The molecule has 0 spiro atoms. The summed E-state index contributed by atoms with van der Waals surface area (Å²) in [6.45, 7) is 1.17. The van der Waals surface area contributed by atoms with Crippen molar-refractivity contribution in [1.82, 2.24) is 5.32 Å². The van der Waals surface area contributed by atoms with Crippen molar-refractivity contribution in [2.45, 2.75) is 25.0 Å². The molecule has 0 aliphatic carbocycles. The topological polar surface area (TPSA) is 47.6 Å². The van der Waals surface area contributed by atoms with Crippen molar-refractivity contribution in [3.8, 4) is 0 Å². The van der Waals surface area contributed by atoms with Gasteiger partial charge in [0.05, 0.1) is 13.2 Å². The van der Waals surface area contributed by atoms with Crippen molar-refractivity contribution in [3.05, 3.63) is 35.4 Å². The third-order valence-corrected chi connectivity index (χ3v) is 3.29. The molecule has 1 aliphatic rings. The van der Waals surface area contributed by atoms with Gasteiger partial charge in [0.2, 0.25) is 0 Å². The minimum atomic E-state index is -0.990. The van der Waals surface area contributed by atoms with Gasteiger partial charge in [-0.3, -0.25) is 5.32 Å². The smallest absolute Gasteiger partial charge is 0.327 e. The molecule has 20 heavy (non-hydrogen) atoms. The van der Waals surface area contributed by atoms with Gasteiger partial charge in [-0.2, -0.15) is 0 Å². The number of methoxy groups -OCH3 is 1. The standard InChI is InChI=1S/C14H17F2NO3/c1-19-14(18)13(17-8-10-3-2-6-20-10)9-4-5-11(15)12(16)7-9/h4-5,7,10,13,17H,2-3,6,8H2,1H3. The zero-order chi connectivity index (χ0) is 14.5. The molecule has 1 aromatic carbocycles. The predicted molar refractivity (Wildman–Crippen MR) is 68.1 cm³/mol. The van der Waals surface area contributed by atoms with E-state index in [2.05, 4.69) is 5.32 Å². The van der Waals surface area contributed by atoms with Crippen LogP contribution in [0.1, 0.15) is 24.4 Å². The van der Waals surface area contributed by atoms with Gasteiger partial charge in [0.15, 0.2) is 11.6 Å². The van der Waals surface area contributed by atoms with Crippen LogP contribution in [0.3, 0.4) is 0 Å². The lowest BCUT2D eigenvalue weighted by molar-refractivity contribution is -0.143. The third kappa shape index (κ3) is 3.52. The second-order valence-corrected chi connectivity index (χ2v) is 4.67. The zero-order valence-corrected chi connectivity index (χ0v) is 11.2. The van der Waals surface area contributed by atoms with E-state index in [4.69, 9.17) is 9.47 Å². The number of esters is 1. The Morgan fingerprint density at radius 2 is 2.30 bits per heavy atom. The lowest BCUT2D eigenvalue weighted by atomic mass is 10.1. The first kappa shape index (κ1) is 14.9. The number of hydrogen-bond donors (Lipinski definition) is 1. The fourth-order valence-electron chi connectivity index (χ4n) is 2.20. The molecule has 2 rings (SSSR count). The second kappa shape index (κ2) is 6.76. The number of nitrogens with one attached hydrogen (secondary N) is 1. The Kier molecular flexibility index (Phi) is 5.03. The molecule has 2 atom stereocenters. The van der Waals surface area contributed by atoms with Crippen molar-refractivity contribution >= 4 is 5.97 Å². The number of benzene rings is 1. The molecule has 0 radical (unpaired) electrons. The Balaban J connectivity index is 2.09. The summed E-state index contributed by atoms with van der Waals surface area (Å²) in [5.41, 5.74) is 0.328. The Bertz CT molecular complexity index is 475. The molecule has 0 saturated carbocycles. The fourth-order valence-corrected chi connectivity index (χ4v) is 2.20. The highest BCUT2D eigenvalue weighted by Gasteiger charge is 2.24. The predicted octanol–water partition coefficient (Wildman–Crippen LogP) is 1.95. The highest BCUT2D eigenvalue weighted by molar-refractivity contribution is 5.77. The maximum atomic E-state index is 13.3. The quantitative estimate of drug-likeness (QED) is 0.840. The van der Waals surface area contributed by atoms with Crippen molar-refractivity contribution in [2.24, 2.45) is 0 Å². The van der Waals surface area contributed by atoms with Crippen molar-refractivity contribution in [2.75, 3.05) is 20.3 Å². The molecule has 6 heteroatoms. The Hall–Kier alpha value is -1.53. The van der Waals surface area contributed by atoms with Gasteiger partial charge in [-0.05, 0) is 30.5 Å². The van der Waals surface area contributed by atoms with E-state index >= 15 is 0 Å². The molecular formula is C14H17F2NO3. The molecule has 1 fully saturated rings. The summed E-state index contributed by atoms with van der Waals surface area (Å²) >= 11 is 0. The molecule has 0 amide bonds. The third-order valence-electron chi connectivity index (χ3n) is 3.29. The Morgan fingerprint density at radius 3 is 2.90 bits per heavy atom. The summed E-state index contributed by atoms with van der Waals surface area (Å²) in [6, 6.07) is 2.52. The molecular weight excluding hydrogens is 268 g/mol. The van der Waals surface area contributed by atoms with Crippen molar-refractivity contribution < 1.29 is 23.0 Å². The second-order valence-electron chi connectivity index (χ2n) is 4.67. The summed E-state index contributed by atoms with van der Waals surface area (Å²) in [6.07, 6.45) is 1.94. The molecule has 1 N–H and O–H groups in total. The lowest BCUT2D eigenvalue weighted by Crippen LogP contribution is -2.35. The maximum Gasteiger partial charge on any atom is 0.327 e. The van der Waals surface area contributed by atoms with Crippen LogP contribution in [0.15, 0.2) is 18.2 Å². The van der Waals surface area contributed by atoms with Gasteiger partial charge in [-0.25, -0.2) is 13.6 Å². The lowest BCUT2D eigenvalue weighted by Gasteiger charge is -2.19. The van der Waals surface area contributed by atoms with Crippen LogP contribution in [0.5, 0.6) is 0 Å². The number of rotatable bonds is 5. The molecule has 4 nitrogen and oxygen atoms in total. The molecule has 110 valence electrons. The van der Waals surface area contributed by atoms with Crippen LogP contribution in [-0.4, -0.2) is 32.3 Å². The summed E-state index contributed by atoms with van der Waals surface area (Å²) < 4.78 is 36.4. The Labute approximate surface area is 116 Å². The first-order valence-electron chi connectivity index (χ1n) is 6.49. The van der Waals surface area contributed by atoms with Crippen molar-refractivity contribution in [3.63, 3.8) is 0 Å². The fraction of sp³-hybridized carbons (Fsp3) is 0.500. The van der Waals surface area contributed by atoms with E-state index in [0.717, 1.165) is 25.0 Å². The van der Waals surface area contributed by atoms with Gasteiger partial charge in [-0.1, -0.05) is 6.07 Å². The largest absolute Gasteiger partial charge is 0.468 e. The summed E-state index contributed by atoms with van der Waals surface area (Å²) in [5, 5.41) is 2.99. The maximum absolute atomic E-state index is 13.3. The number of hydrogen-bond acceptors (Lipinski definition) is 4.